The minimum atomic E-state index is -0.388. The highest BCUT2D eigenvalue weighted by Crippen LogP contribution is 2.14. The highest BCUT2D eigenvalue weighted by atomic mass is 19.1. The van der Waals surface area contributed by atoms with Crippen LogP contribution in [0.2, 0.25) is 0 Å². The number of nitrogens with one attached hydrogen (secondary N) is 2. The molecule has 0 atom stereocenters. The van der Waals surface area contributed by atoms with E-state index >= 15 is 0 Å². The van der Waals surface area contributed by atoms with Crippen molar-refractivity contribution in [3.05, 3.63) is 65.2 Å². The Kier molecular flexibility index (Phi) is 4.87. The van der Waals surface area contributed by atoms with Crippen molar-refractivity contribution in [2.24, 2.45) is 0 Å². The molecule has 110 valence electrons. The Morgan fingerprint density at radius 1 is 1.10 bits per heavy atom. The number of carbonyl (C=O) groups is 1. The number of rotatable bonds is 5. The van der Waals surface area contributed by atoms with Crippen LogP contribution in [0.3, 0.4) is 0 Å². The third-order valence-corrected chi connectivity index (χ3v) is 2.97. The van der Waals surface area contributed by atoms with Gasteiger partial charge in [0.05, 0.1) is 12.2 Å². The van der Waals surface area contributed by atoms with Crippen molar-refractivity contribution < 1.29 is 13.6 Å². The summed E-state index contributed by atoms with van der Waals surface area (Å²) in [5.41, 5.74) is 1.91. The van der Waals surface area contributed by atoms with Crippen molar-refractivity contribution in [3.63, 3.8) is 0 Å². The van der Waals surface area contributed by atoms with Crippen molar-refractivity contribution in [1.82, 2.24) is 5.32 Å². The first-order chi connectivity index (χ1) is 10.0. The van der Waals surface area contributed by atoms with Crippen molar-refractivity contribution >= 4 is 11.6 Å². The zero-order chi connectivity index (χ0) is 15.2. The minimum absolute atomic E-state index is 0.0266. The maximum atomic E-state index is 13.6. The van der Waals surface area contributed by atoms with Gasteiger partial charge in [0.2, 0.25) is 5.91 Å². The van der Waals surface area contributed by atoms with Crippen LogP contribution in [0.5, 0.6) is 0 Å². The van der Waals surface area contributed by atoms with E-state index in [1.165, 1.54) is 18.2 Å². The summed E-state index contributed by atoms with van der Waals surface area (Å²) in [7, 11) is 0. The third kappa shape index (κ3) is 4.56. The van der Waals surface area contributed by atoms with Crippen LogP contribution in [-0.4, -0.2) is 12.5 Å². The fraction of sp³-hybridized carbons (Fsp3) is 0.188. The van der Waals surface area contributed by atoms with Gasteiger partial charge in [-0.15, -0.1) is 0 Å². The van der Waals surface area contributed by atoms with Crippen LogP contribution in [0.25, 0.3) is 0 Å². The molecule has 2 aromatic rings. The van der Waals surface area contributed by atoms with Crippen molar-refractivity contribution in [1.29, 1.82) is 0 Å². The Morgan fingerprint density at radius 2 is 1.81 bits per heavy atom. The summed E-state index contributed by atoms with van der Waals surface area (Å²) >= 11 is 0. The summed E-state index contributed by atoms with van der Waals surface area (Å²) in [6.45, 7) is 2.07. The van der Waals surface area contributed by atoms with Crippen molar-refractivity contribution in [2.75, 3.05) is 11.9 Å². The molecule has 0 aliphatic rings. The molecule has 0 heterocycles. The summed E-state index contributed by atoms with van der Waals surface area (Å²) in [6.07, 6.45) is 0. The van der Waals surface area contributed by atoms with Gasteiger partial charge in [0.25, 0.3) is 0 Å². The molecule has 2 rings (SSSR count). The molecule has 0 saturated carbocycles. The van der Waals surface area contributed by atoms with Crippen LogP contribution < -0.4 is 10.6 Å². The summed E-state index contributed by atoms with van der Waals surface area (Å²) < 4.78 is 26.3. The van der Waals surface area contributed by atoms with E-state index in [0.29, 0.717) is 6.54 Å². The second-order valence-corrected chi connectivity index (χ2v) is 4.74. The summed E-state index contributed by atoms with van der Waals surface area (Å²) in [5, 5.41) is 5.41. The number of hydrogen-bond donors (Lipinski definition) is 2. The van der Waals surface area contributed by atoms with E-state index in [0.717, 1.165) is 11.1 Å². The zero-order valence-corrected chi connectivity index (χ0v) is 11.6. The van der Waals surface area contributed by atoms with Crippen LogP contribution in [0.4, 0.5) is 14.5 Å². The summed E-state index contributed by atoms with van der Waals surface area (Å²) in [6, 6.07) is 10.6. The van der Waals surface area contributed by atoms with Gasteiger partial charge < -0.3 is 10.6 Å². The topological polar surface area (TPSA) is 41.1 Å². The lowest BCUT2D eigenvalue weighted by atomic mass is 10.2. The molecule has 0 spiro atoms. The average Bonchev–Trinajstić information content (AvgIpc) is 2.46. The molecule has 0 saturated heterocycles. The molecule has 0 bridgehead atoms. The van der Waals surface area contributed by atoms with Crippen molar-refractivity contribution in [2.45, 2.75) is 13.5 Å². The zero-order valence-electron chi connectivity index (χ0n) is 11.6. The summed E-state index contributed by atoms with van der Waals surface area (Å²) in [5.74, 6) is -0.970. The second kappa shape index (κ2) is 6.83. The van der Waals surface area contributed by atoms with E-state index in [9.17, 15) is 13.6 Å². The molecule has 2 N–H and O–H groups in total. The first-order valence-corrected chi connectivity index (χ1v) is 6.56. The fourth-order valence-electron chi connectivity index (χ4n) is 1.80. The number of benzene rings is 2. The maximum Gasteiger partial charge on any atom is 0.239 e. The first kappa shape index (κ1) is 15.0. The quantitative estimate of drug-likeness (QED) is 0.889. The van der Waals surface area contributed by atoms with Crippen LogP contribution >= 0.6 is 0 Å². The number of aryl methyl sites for hydroxylation is 1. The molecule has 0 aromatic heterocycles. The molecular weight excluding hydrogens is 274 g/mol. The van der Waals surface area contributed by atoms with E-state index in [2.05, 4.69) is 10.6 Å². The van der Waals surface area contributed by atoms with Gasteiger partial charge in [0.15, 0.2) is 0 Å². The number of carbonyl (C=O) groups excluding carboxylic acids is 1. The van der Waals surface area contributed by atoms with Gasteiger partial charge in [0.1, 0.15) is 11.6 Å². The number of hydrogen-bond acceptors (Lipinski definition) is 2. The van der Waals surface area contributed by atoms with Gasteiger partial charge in [-0.25, -0.2) is 8.78 Å². The monoisotopic (exact) mass is 290 g/mol. The molecular formula is C16H16F2N2O. The third-order valence-electron chi connectivity index (χ3n) is 2.97. The number of halogens is 2. The van der Waals surface area contributed by atoms with Crippen molar-refractivity contribution in [3.8, 4) is 0 Å². The lowest BCUT2D eigenvalue weighted by Gasteiger charge is -2.09. The van der Waals surface area contributed by atoms with E-state index in [1.807, 2.05) is 0 Å². The van der Waals surface area contributed by atoms with E-state index in [4.69, 9.17) is 0 Å². The highest BCUT2D eigenvalue weighted by Gasteiger charge is 2.05. The molecule has 1 amide bonds. The molecule has 0 fully saturated rings. The first-order valence-electron chi connectivity index (χ1n) is 6.56. The molecule has 0 aliphatic heterocycles. The molecule has 3 nitrogen and oxygen atoms in total. The van der Waals surface area contributed by atoms with Crippen LogP contribution in [0, 0.1) is 18.6 Å². The van der Waals surface area contributed by atoms with Crippen LogP contribution in [-0.2, 0) is 11.3 Å². The normalized spacial score (nSPS) is 10.2. The molecule has 0 aliphatic carbocycles. The fourth-order valence-corrected chi connectivity index (χ4v) is 1.80. The van der Waals surface area contributed by atoms with E-state index in [1.54, 1.807) is 31.2 Å². The van der Waals surface area contributed by atoms with Gasteiger partial charge in [-0.2, -0.15) is 0 Å². The molecule has 0 unspecified atom stereocenters. The Labute approximate surface area is 122 Å². The lowest BCUT2D eigenvalue weighted by Crippen LogP contribution is -2.29. The molecule has 2 aromatic carbocycles. The van der Waals surface area contributed by atoms with E-state index in [-0.39, 0.29) is 29.8 Å². The van der Waals surface area contributed by atoms with Gasteiger partial charge >= 0.3 is 0 Å². The molecule has 0 radical (unpaired) electrons. The number of anilines is 1. The number of amides is 1. The average molecular weight is 290 g/mol. The Hall–Kier alpha value is -2.43. The SMILES string of the molecule is Cc1ccc(NCC(=O)NCc2ccc(F)cc2)c(F)c1. The highest BCUT2D eigenvalue weighted by molar-refractivity contribution is 5.80. The predicted octanol–water partition coefficient (Wildman–Crippen LogP) is 3.00. The van der Waals surface area contributed by atoms with Crippen LogP contribution in [0.1, 0.15) is 11.1 Å². The maximum absolute atomic E-state index is 13.6. The molecule has 5 heteroatoms. The standard InChI is InChI=1S/C16H16F2N2O/c1-11-2-7-15(14(18)8-11)19-10-16(21)20-9-12-3-5-13(17)6-4-12/h2-8,19H,9-10H2,1H3,(H,20,21). The summed E-state index contributed by atoms with van der Waals surface area (Å²) in [4.78, 5) is 11.7. The Morgan fingerprint density at radius 3 is 2.48 bits per heavy atom. The largest absolute Gasteiger partial charge is 0.374 e. The second-order valence-electron chi connectivity index (χ2n) is 4.74. The Bertz CT molecular complexity index is 627. The van der Waals surface area contributed by atoms with Gasteiger partial charge in [0, 0.05) is 6.54 Å². The van der Waals surface area contributed by atoms with Gasteiger partial charge in [-0.05, 0) is 42.3 Å². The molecule has 21 heavy (non-hydrogen) atoms. The van der Waals surface area contributed by atoms with E-state index < -0.39 is 0 Å². The lowest BCUT2D eigenvalue weighted by molar-refractivity contribution is -0.119. The smallest absolute Gasteiger partial charge is 0.239 e. The van der Waals surface area contributed by atoms with Gasteiger partial charge in [-0.3, -0.25) is 4.79 Å². The minimum Gasteiger partial charge on any atom is -0.374 e. The van der Waals surface area contributed by atoms with Gasteiger partial charge in [-0.1, -0.05) is 18.2 Å². The Balaban J connectivity index is 1.80. The predicted molar refractivity (Wildman–Crippen MR) is 77.9 cm³/mol. The van der Waals surface area contributed by atoms with Crippen LogP contribution in [0.15, 0.2) is 42.5 Å².